The minimum atomic E-state index is -2.55. The van der Waals surface area contributed by atoms with Gasteiger partial charge >= 0.3 is 6.09 Å². The Morgan fingerprint density at radius 3 is 1.82 bits per heavy atom. The summed E-state index contributed by atoms with van der Waals surface area (Å²) in [5, 5.41) is 5.14. The summed E-state index contributed by atoms with van der Waals surface area (Å²) in [6, 6.07) is 30.7. The Kier molecular flexibility index (Phi) is 9.45. The second-order valence-electron chi connectivity index (χ2n) is 9.11. The standard InChI is InChI=1S/C28H35NO4Si/c1-28(2,3)34(25-15-9-5-10-16-25,26-17-11-6-12-18-26)33-22-21-31-20-19-29-27(30)32-23-24-13-7-4-8-14-24/h4-18H,19-23H2,1-3H3,(H,29,30). The average Bonchev–Trinajstić information content (AvgIpc) is 2.85. The van der Waals surface area contributed by atoms with Gasteiger partial charge < -0.3 is 19.2 Å². The first-order valence-corrected chi connectivity index (χ1v) is 13.6. The summed E-state index contributed by atoms with van der Waals surface area (Å²) in [5.74, 6) is 0. The van der Waals surface area contributed by atoms with Crippen LogP contribution in [0.5, 0.6) is 0 Å². The predicted molar refractivity (Wildman–Crippen MR) is 139 cm³/mol. The van der Waals surface area contributed by atoms with E-state index in [9.17, 15) is 4.79 Å². The van der Waals surface area contributed by atoms with E-state index in [1.165, 1.54) is 10.4 Å². The molecule has 0 aliphatic heterocycles. The Hall–Kier alpha value is -2.93. The number of rotatable bonds is 11. The van der Waals surface area contributed by atoms with Crippen LogP contribution in [0.25, 0.3) is 0 Å². The van der Waals surface area contributed by atoms with E-state index in [4.69, 9.17) is 13.9 Å². The molecule has 0 aliphatic rings. The monoisotopic (exact) mass is 477 g/mol. The van der Waals surface area contributed by atoms with Gasteiger partial charge in [-0.2, -0.15) is 0 Å². The molecule has 0 bridgehead atoms. The molecule has 1 N–H and O–H groups in total. The molecule has 180 valence electrons. The van der Waals surface area contributed by atoms with Crippen molar-refractivity contribution in [3.63, 3.8) is 0 Å². The summed E-state index contributed by atoms with van der Waals surface area (Å²) in [7, 11) is -2.55. The van der Waals surface area contributed by atoms with Crippen molar-refractivity contribution in [2.45, 2.75) is 32.4 Å². The summed E-state index contributed by atoms with van der Waals surface area (Å²) >= 11 is 0. The molecule has 3 aromatic rings. The number of carbonyl (C=O) groups excluding carboxylic acids is 1. The lowest BCUT2D eigenvalue weighted by molar-refractivity contribution is 0.0939. The van der Waals surface area contributed by atoms with Crippen molar-refractivity contribution >= 4 is 24.8 Å². The molecule has 0 heterocycles. The summed E-state index contributed by atoms with van der Waals surface area (Å²) in [6.07, 6.45) is -0.448. The van der Waals surface area contributed by atoms with Crippen molar-refractivity contribution in [1.82, 2.24) is 5.32 Å². The molecule has 6 heteroatoms. The largest absolute Gasteiger partial charge is 0.445 e. The van der Waals surface area contributed by atoms with Crippen molar-refractivity contribution < 1.29 is 18.7 Å². The number of carbonyl (C=O) groups is 1. The third kappa shape index (κ3) is 6.79. The van der Waals surface area contributed by atoms with Gasteiger partial charge in [0.05, 0.1) is 19.8 Å². The van der Waals surface area contributed by atoms with E-state index < -0.39 is 14.4 Å². The van der Waals surface area contributed by atoms with Gasteiger partial charge in [-0.25, -0.2) is 4.79 Å². The maximum absolute atomic E-state index is 11.9. The van der Waals surface area contributed by atoms with Crippen LogP contribution in [-0.4, -0.2) is 40.8 Å². The van der Waals surface area contributed by atoms with Crippen LogP contribution in [0.15, 0.2) is 91.0 Å². The van der Waals surface area contributed by atoms with E-state index in [1.54, 1.807) is 0 Å². The zero-order chi connectivity index (χ0) is 24.3. The van der Waals surface area contributed by atoms with Crippen molar-refractivity contribution in [2.75, 3.05) is 26.4 Å². The molecule has 0 aliphatic carbocycles. The molecule has 0 radical (unpaired) electrons. The van der Waals surface area contributed by atoms with Crippen LogP contribution in [0, 0.1) is 0 Å². The van der Waals surface area contributed by atoms with Crippen LogP contribution in [0.4, 0.5) is 4.79 Å². The number of benzene rings is 3. The maximum Gasteiger partial charge on any atom is 0.407 e. The van der Waals surface area contributed by atoms with E-state index in [0.29, 0.717) is 26.4 Å². The molecule has 0 unspecified atom stereocenters. The molecular weight excluding hydrogens is 442 g/mol. The Morgan fingerprint density at radius 2 is 1.29 bits per heavy atom. The van der Waals surface area contributed by atoms with Gasteiger partial charge in [-0.1, -0.05) is 112 Å². The minimum Gasteiger partial charge on any atom is -0.445 e. The number of ether oxygens (including phenoxy) is 2. The van der Waals surface area contributed by atoms with Gasteiger partial charge in [-0.3, -0.25) is 0 Å². The van der Waals surface area contributed by atoms with Crippen LogP contribution >= 0.6 is 0 Å². The van der Waals surface area contributed by atoms with E-state index in [2.05, 4.69) is 74.6 Å². The fraction of sp³-hybridized carbons (Fsp3) is 0.321. The molecule has 3 aromatic carbocycles. The van der Waals surface area contributed by atoms with Gasteiger partial charge in [0.2, 0.25) is 0 Å². The van der Waals surface area contributed by atoms with Crippen LogP contribution < -0.4 is 15.7 Å². The highest BCUT2D eigenvalue weighted by atomic mass is 28.4. The number of amides is 1. The fourth-order valence-corrected chi connectivity index (χ4v) is 8.66. The highest BCUT2D eigenvalue weighted by molar-refractivity contribution is 6.99. The van der Waals surface area contributed by atoms with Crippen LogP contribution in [0.1, 0.15) is 26.3 Å². The van der Waals surface area contributed by atoms with Gasteiger partial charge in [0.25, 0.3) is 8.32 Å². The minimum absolute atomic E-state index is 0.0697. The molecule has 0 spiro atoms. The highest BCUT2D eigenvalue weighted by Gasteiger charge is 2.49. The molecular formula is C28H35NO4Si. The molecule has 34 heavy (non-hydrogen) atoms. The first-order chi connectivity index (χ1) is 16.4. The number of hydrogen-bond donors (Lipinski definition) is 1. The summed E-state index contributed by atoms with van der Waals surface area (Å²) in [6.45, 7) is 8.72. The van der Waals surface area contributed by atoms with Crippen molar-refractivity contribution in [3.8, 4) is 0 Å². The predicted octanol–water partition coefficient (Wildman–Crippen LogP) is 4.51. The lowest BCUT2D eigenvalue weighted by atomic mass is 10.2. The molecule has 0 atom stereocenters. The van der Waals surface area contributed by atoms with E-state index >= 15 is 0 Å². The fourth-order valence-electron chi connectivity index (χ4n) is 4.12. The van der Waals surface area contributed by atoms with Crippen LogP contribution in [0.3, 0.4) is 0 Å². The quantitative estimate of drug-likeness (QED) is 0.326. The van der Waals surface area contributed by atoms with Gasteiger partial charge in [0, 0.05) is 6.54 Å². The van der Waals surface area contributed by atoms with Crippen molar-refractivity contribution in [1.29, 1.82) is 0 Å². The summed E-state index contributed by atoms with van der Waals surface area (Å²) in [4.78, 5) is 11.9. The first-order valence-electron chi connectivity index (χ1n) is 11.7. The maximum atomic E-state index is 11.9. The topological polar surface area (TPSA) is 56.8 Å². The molecule has 0 saturated carbocycles. The van der Waals surface area contributed by atoms with Gasteiger partial charge in [0.1, 0.15) is 6.61 Å². The molecule has 5 nitrogen and oxygen atoms in total. The normalized spacial score (nSPS) is 11.7. The Morgan fingerprint density at radius 1 is 0.765 bits per heavy atom. The van der Waals surface area contributed by atoms with E-state index in [0.717, 1.165) is 5.56 Å². The second kappa shape index (κ2) is 12.5. The zero-order valence-electron chi connectivity index (χ0n) is 20.3. The zero-order valence-corrected chi connectivity index (χ0v) is 21.3. The summed E-state index contributed by atoms with van der Waals surface area (Å²) < 4.78 is 17.7. The van der Waals surface area contributed by atoms with E-state index in [1.807, 2.05) is 42.5 Å². The molecule has 1 amide bonds. The van der Waals surface area contributed by atoms with Crippen molar-refractivity contribution in [2.24, 2.45) is 0 Å². The number of alkyl carbamates (subject to hydrolysis) is 1. The second-order valence-corrected chi connectivity index (χ2v) is 13.4. The average molecular weight is 478 g/mol. The highest BCUT2D eigenvalue weighted by Crippen LogP contribution is 2.36. The molecule has 3 rings (SSSR count). The third-order valence-corrected chi connectivity index (χ3v) is 10.7. The lowest BCUT2D eigenvalue weighted by Gasteiger charge is -2.43. The SMILES string of the molecule is CC(C)(C)[Si](OCCOCCNC(=O)OCc1ccccc1)(c1ccccc1)c1ccccc1. The third-order valence-electron chi connectivity index (χ3n) is 5.69. The lowest BCUT2D eigenvalue weighted by Crippen LogP contribution is -2.66. The van der Waals surface area contributed by atoms with Crippen molar-refractivity contribution in [3.05, 3.63) is 96.6 Å². The Labute approximate surface area is 204 Å². The number of hydrogen-bond acceptors (Lipinski definition) is 4. The molecule has 0 saturated heterocycles. The molecule has 0 aromatic heterocycles. The number of nitrogens with one attached hydrogen (secondary N) is 1. The van der Waals surface area contributed by atoms with Crippen LogP contribution in [-0.2, 0) is 20.5 Å². The first kappa shape index (κ1) is 25.7. The smallest absolute Gasteiger partial charge is 0.407 e. The van der Waals surface area contributed by atoms with Gasteiger partial charge in [-0.15, -0.1) is 0 Å². The van der Waals surface area contributed by atoms with Crippen LogP contribution in [0.2, 0.25) is 5.04 Å². The molecule has 0 fully saturated rings. The van der Waals surface area contributed by atoms with Gasteiger partial charge in [0.15, 0.2) is 0 Å². The summed E-state index contributed by atoms with van der Waals surface area (Å²) in [5.41, 5.74) is 0.953. The van der Waals surface area contributed by atoms with E-state index in [-0.39, 0.29) is 11.6 Å². The Balaban J connectivity index is 1.50. The Bertz CT molecular complexity index is 952. The van der Waals surface area contributed by atoms with Gasteiger partial charge in [-0.05, 0) is 21.0 Å².